The Hall–Kier alpha value is -2.76. The van der Waals surface area contributed by atoms with Crippen molar-refractivity contribution in [2.75, 3.05) is 13.3 Å². The van der Waals surface area contributed by atoms with E-state index >= 15 is 0 Å². The molecule has 0 N–H and O–H groups in total. The first kappa shape index (κ1) is 26.3. The Morgan fingerprint density at radius 1 is 0.889 bits per heavy atom. The second-order valence-electron chi connectivity index (χ2n) is 9.90. The molecular weight excluding hydrogens is 465 g/mol. The summed E-state index contributed by atoms with van der Waals surface area (Å²) in [7, 11) is 0. The van der Waals surface area contributed by atoms with Crippen molar-refractivity contribution < 1.29 is 27.4 Å². The van der Waals surface area contributed by atoms with Gasteiger partial charge in [-0.3, -0.25) is 4.79 Å². The summed E-state index contributed by atoms with van der Waals surface area (Å²) in [4.78, 5) is 12.8. The van der Waals surface area contributed by atoms with E-state index in [-0.39, 0.29) is 36.3 Å². The summed E-state index contributed by atoms with van der Waals surface area (Å²) in [5, 5.41) is 0. The Morgan fingerprint density at radius 3 is 2.19 bits per heavy atom. The summed E-state index contributed by atoms with van der Waals surface area (Å²) in [5.41, 5.74) is 2.62. The molecule has 0 bridgehead atoms. The van der Waals surface area contributed by atoms with Gasteiger partial charge in [0.1, 0.15) is 12.8 Å². The fourth-order valence-corrected chi connectivity index (χ4v) is 5.60. The summed E-state index contributed by atoms with van der Waals surface area (Å²) in [5.74, 6) is -1.68. The number of esters is 1. The first-order valence-corrected chi connectivity index (χ1v) is 13.1. The van der Waals surface area contributed by atoms with Gasteiger partial charge in [0, 0.05) is 0 Å². The van der Waals surface area contributed by atoms with E-state index in [1.807, 2.05) is 12.1 Å². The van der Waals surface area contributed by atoms with Crippen molar-refractivity contribution in [3.63, 3.8) is 0 Å². The average Bonchev–Trinajstić information content (AvgIpc) is 2.91. The quantitative estimate of drug-likeness (QED) is 0.346. The van der Waals surface area contributed by atoms with Crippen LogP contribution in [0.3, 0.4) is 0 Å². The number of hydrogen-bond acceptors (Lipinski definition) is 3. The first-order valence-electron chi connectivity index (χ1n) is 13.1. The molecule has 6 heteroatoms. The van der Waals surface area contributed by atoms with E-state index in [9.17, 15) is 18.0 Å². The van der Waals surface area contributed by atoms with Gasteiger partial charge in [-0.1, -0.05) is 42.5 Å². The number of carbonyl (C=O) groups excluding carboxylic acids is 1. The Labute approximate surface area is 211 Å². The lowest BCUT2D eigenvalue weighted by Crippen LogP contribution is -2.29. The van der Waals surface area contributed by atoms with Gasteiger partial charge in [-0.25, -0.2) is 8.78 Å². The Morgan fingerprint density at radius 2 is 1.56 bits per heavy atom. The van der Waals surface area contributed by atoms with E-state index < -0.39 is 18.3 Å². The third kappa shape index (κ3) is 6.32. The van der Waals surface area contributed by atoms with Crippen molar-refractivity contribution in [3.8, 4) is 5.75 Å². The largest absolute Gasteiger partial charge is 0.491 e. The summed E-state index contributed by atoms with van der Waals surface area (Å²) in [6, 6.07) is 11.3. The molecule has 0 saturated heterocycles. The van der Waals surface area contributed by atoms with Gasteiger partial charge in [0.2, 0.25) is 5.82 Å². The van der Waals surface area contributed by atoms with Crippen LogP contribution in [0.1, 0.15) is 86.8 Å². The van der Waals surface area contributed by atoms with E-state index in [0.717, 1.165) is 31.2 Å². The van der Waals surface area contributed by atoms with E-state index in [2.05, 4.69) is 12.1 Å². The Bertz CT molecular complexity index is 1030. The maximum absolute atomic E-state index is 14.6. The summed E-state index contributed by atoms with van der Waals surface area (Å²) >= 11 is 0. The molecule has 4 rings (SSSR count). The molecule has 2 aromatic carbocycles. The standard InChI is InChI=1S/C30H35F3O3/c1-2-35-27-18-17-26(28(32)29(27)33)23-13-15-25(16-14-23)36-30(34)24-11-9-22(10-12-24)21-7-5-20(6-8-21)4-3-19-31/h3-8,17-18,22-25H,2,9-16,19H2,1H3. The molecule has 0 aromatic heterocycles. The molecule has 2 saturated carbocycles. The molecule has 2 aromatic rings. The molecule has 0 atom stereocenters. The van der Waals surface area contributed by atoms with Crippen LogP contribution in [0.4, 0.5) is 13.2 Å². The van der Waals surface area contributed by atoms with Gasteiger partial charge in [-0.2, -0.15) is 4.39 Å². The van der Waals surface area contributed by atoms with E-state index in [1.54, 1.807) is 19.1 Å². The molecule has 2 aliphatic rings. The van der Waals surface area contributed by atoms with Gasteiger partial charge in [-0.05, 0) is 92.9 Å². The van der Waals surface area contributed by atoms with Crippen LogP contribution in [0.2, 0.25) is 0 Å². The van der Waals surface area contributed by atoms with Crippen LogP contribution in [0.15, 0.2) is 42.5 Å². The number of carbonyl (C=O) groups is 1. The Kier molecular flexibility index (Phi) is 9.11. The zero-order chi connectivity index (χ0) is 25.5. The molecule has 194 valence electrons. The molecule has 2 aliphatic carbocycles. The second kappa shape index (κ2) is 12.5. The Balaban J connectivity index is 1.23. The highest BCUT2D eigenvalue weighted by molar-refractivity contribution is 5.72. The lowest BCUT2D eigenvalue weighted by Gasteiger charge is -2.32. The fourth-order valence-electron chi connectivity index (χ4n) is 5.60. The van der Waals surface area contributed by atoms with Crippen molar-refractivity contribution in [1.82, 2.24) is 0 Å². The fraction of sp³-hybridized carbons (Fsp3) is 0.500. The number of halogens is 3. The zero-order valence-electron chi connectivity index (χ0n) is 20.9. The van der Waals surface area contributed by atoms with E-state index in [1.165, 1.54) is 17.7 Å². The first-order chi connectivity index (χ1) is 17.5. The summed E-state index contributed by atoms with van der Waals surface area (Å²) in [6.07, 6.45) is 9.23. The normalized spacial score (nSPS) is 24.6. The van der Waals surface area contributed by atoms with Gasteiger partial charge in [0.05, 0.1) is 12.5 Å². The molecule has 3 nitrogen and oxygen atoms in total. The topological polar surface area (TPSA) is 35.5 Å². The predicted octanol–water partition coefficient (Wildman–Crippen LogP) is 7.89. The number of hydrogen-bond donors (Lipinski definition) is 0. The van der Waals surface area contributed by atoms with E-state index in [0.29, 0.717) is 37.2 Å². The number of ether oxygens (including phenoxy) is 2. The highest BCUT2D eigenvalue weighted by Crippen LogP contribution is 2.39. The molecule has 0 radical (unpaired) electrons. The number of allylic oxidation sites excluding steroid dienone is 1. The van der Waals surface area contributed by atoms with Crippen molar-refractivity contribution in [3.05, 3.63) is 70.8 Å². The van der Waals surface area contributed by atoms with Gasteiger partial charge in [0.15, 0.2) is 11.6 Å². The van der Waals surface area contributed by atoms with Gasteiger partial charge in [0.25, 0.3) is 0 Å². The van der Waals surface area contributed by atoms with Crippen molar-refractivity contribution >= 4 is 12.0 Å². The minimum absolute atomic E-state index is 0.0566. The minimum Gasteiger partial charge on any atom is -0.491 e. The van der Waals surface area contributed by atoms with Crippen LogP contribution < -0.4 is 4.74 Å². The lowest BCUT2D eigenvalue weighted by atomic mass is 9.78. The highest BCUT2D eigenvalue weighted by Gasteiger charge is 2.32. The van der Waals surface area contributed by atoms with Crippen LogP contribution in [0.25, 0.3) is 6.08 Å². The maximum Gasteiger partial charge on any atom is 0.309 e. The highest BCUT2D eigenvalue weighted by atomic mass is 19.2. The average molecular weight is 501 g/mol. The molecule has 0 spiro atoms. The molecule has 0 heterocycles. The third-order valence-corrected chi connectivity index (χ3v) is 7.64. The van der Waals surface area contributed by atoms with Crippen LogP contribution in [-0.4, -0.2) is 25.4 Å². The van der Waals surface area contributed by atoms with Crippen molar-refractivity contribution in [2.45, 2.75) is 76.2 Å². The smallest absolute Gasteiger partial charge is 0.309 e. The maximum atomic E-state index is 14.6. The lowest BCUT2D eigenvalue weighted by molar-refractivity contribution is -0.157. The predicted molar refractivity (Wildman–Crippen MR) is 135 cm³/mol. The van der Waals surface area contributed by atoms with Crippen LogP contribution in [0, 0.1) is 17.6 Å². The molecule has 2 fully saturated rings. The molecule has 0 aliphatic heterocycles. The van der Waals surface area contributed by atoms with Crippen LogP contribution >= 0.6 is 0 Å². The van der Waals surface area contributed by atoms with Gasteiger partial charge < -0.3 is 9.47 Å². The van der Waals surface area contributed by atoms with Crippen molar-refractivity contribution in [1.29, 1.82) is 0 Å². The molecular formula is C30H35F3O3. The number of benzene rings is 2. The molecule has 0 amide bonds. The summed E-state index contributed by atoms with van der Waals surface area (Å²) in [6.45, 7) is 1.54. The monoisotopic (exact) mass is 500 g/mol. The zero-order valence-corrected chi connectivity index (χ0v) is 20.9. The SMILES string of the molecule is CCOc1ccc(C2CCC(OC(=O)C3CCC(c4ccc(C=CCF)cc4)CC3)CC2)c(F)c1F. The molecule has 36 heavy (non-hydrogen) atoms. The number of alkyl halides is 1. The van der Waals surface area contributed by atoms with Crippen molar-refractivity contribution in [2.24, 2.45) is 5.92 Å². The number of rotatable bonds is 8. The summed E-state index contributed by atoms with van der Waals surface area (Å²) < 4.78 is 52.1. The van der Waals surface area contributed by atoms with Gasteiger partial charge >= 0.3 is 5.97 Å². The van der Waals surface area contributed by atoms with E-state index in [4.69, 9.17) is 9.47 Å². The second-order valence-corrected chi connectivity index (χ2v) is 9.90. The van der Waals surface area contributed by atoms with Crippen LogP contribution in [0.5, 0.6) is 5.75 Å². The third-order valence-electron chi connectivity index (χ3n) is 7.64. The minimum atomic E-state index is -0.928. The van der Waals surface area contributed by atoms with Gasteiger partial charge in [-0.15, -0.1) is 0 Å². The van der Waals surface area contributed by atoms with Crippen LogP contribution in [-0.2, 0) is 9.53 Å². The molecule has 0 unspecified atom stereocenters.